The van der Waals surface area contributed by atoms with Gasteiger partial charge in [0.05, 0.1) is 12.7 Å². The number of methoxy groups -OCH3 is 1. The molecule has 0 spiro atoms. The molecule has 0 saturated heterocycles. The van der Waals surface area contributed by atoms with Crippen molar-refractivity contribution in [1.82, 2.24) is 5.32 Å². The largest absolute Gasteiger partial charge is 0.496 e. The van der Waals surface area contributed by atoms with Crippen molar-refractivity contribution in [2.75, 3.05) is 7.11 Å². The summed E-state index contributed by atoms with van der Waals surface area (Å²) in [4.78, 5) is 12.4. The van der Waals surface area contributed by atoms with Gasteiger partial charge in [0.2, 0.25) is 0 Å². The zero-order chi connectivity index (χ0) is 14.7. The van der Waals surface area contributed by atoms with Crippen LogP contribution in [-0.2, 0) is 0 Å². The third-order valence-electron chi connectivity index (χ3n) is 3.92. The minimum Gasteiger partial charge on any atom is -0.496 e. The van der Waals surface area contributed by atoms with E-state index in [4.69, 9.17) is 4.74 Å². The van der Waals surface area contributed by atoms with Crippen LogP contribution in [0.2, 0.25) is 0 Å². The van der Waals surface area contributed by atoms with E-state index in [0.29, 0.717) is 23.1 Å². The van der Waals surface area contributed by atoms with E-state index in [2.05, 4.69) is 35.1 Å². The maximum absolute atomic E-state index is 12.4. The molecule has 2 rings (SSSR count). The van der Waals surface area contributed by atoms with Crippen molar-refractivity contribution < 1.29 is 9.53 Å². The first-order valence-electron chi connectivity index (χ1n) is 7.14. The molecule has 1 aromatic carbocycles. The van der Waals surface area contributed by atoms with Crippen LogP contribution >= 0.6 is 15.9 Å². The predicted molar refractivity (Wildman–Crippen MR) is 84.1 cm³/mol. The SMILES string of the molecule is COc1cc(Br)ccc1C(=O)NC1CC(C)CC(C)C1. The van der Waals surface area contributed by atoms with Gasteiger partial charge in [-0.15, -0.1) is 0 Å². The Bertz CT molecular complexity index is 479. The molecule has 1 amide bonds. The zero-order valence-electron chi connectivity index (χ0n) is 12.3. The molecule has 2 atom stereocenters. The van der Waals surface area contributed by atoms with Gasteiger partial charge in [-0.3, -0.25) is 4.79 Å². The highest BCUT2D eigenvalue weighted by Gasteiger charge is 2.26. The van der Waals surface area contributed by atoms with Crippen LogP contribution in [0.15, 0.2) is 22.7 Å². The van der Waals surface area contributed by atoms with Gasteiger partial charge in [-0.2, -0.15) is 0 Å². The molecule has 0 aromatic heterocycles. The maximum Gasteiger partial charge on any atom is 0.255 e. The Kier molecular flexibility index (Phi) is 5.08. The molecular formula is C16H22BrNO2. The van der Waals surface area contributed by atoms with Crippen LogP contribution in [0.3, 0.4) is 0 Å². The molecule has 20 heavy (non-hydrogen) atoms. The van der Waals surface area contributed by atoms with E-state index < -0.39 is 0 Å². The molecule has 0 aliphatic heterocycles. The van der Waals surface area contributed by atoms with Crippen molar-refractivity contribution >= 4 is 21.8 Å². The first-order chi connectivity index (χ1) is 9.49. The smallest absolute Gasteiger partial charge is 0.255 e. The second-order valence-electron chi connectivity index (χ2n) is 5.93. The molecule has 110 valence electrons. The minimum absolute atomic E-state index is 0.0411. The Morgan fingerprint density at radius 1 is 1.25 bits per heavy atom. The lowest BCUT2D eigenvalue weighted by Crippen LogP contribution is -2.40. The summed E-state index contributed by atoms with van der Waals surface area (Å²) in [6.07, 6.45) is 3.39. The molecular weight excluding hydrogens is 318 g/mol. The van der Waals surface area contributed by atoms with E-state index >= 15 is 0 Å². The van der Waals surface area contributed by atoms with Gasteiger partial charge in [0, 0.05) is 10.5 Å². The number of halogens is 1. The van der Waals surface area contributed by atoms with Crippen molar-refractivity contribution in [2.45, 2.75) is 39.2 Å². The van der Waals surface area contributed by atoms with Crippen LogP contribution in [0.1, 0.15) is 43.5 Å². The van der Waals surface area contributed by atoms with E-state index in [1.54, 1.807) is 13.2 Å². The van der Waals surface area contributed by atoms with E-state index in [1.807, 2.05) is 12.1 Å². The van der Waals surface area contributed by atoms with Crippen molar-refractivity contribution in [3.63, 3.8) is 0 Å². The van der Waals surface area contributed by atoms with Crippen molar-refractivity contribution in [1.29, 1.82) is 0 Å². The second-order valence-corrected chi connectivity index (χ2v) is 6.85. The summed E-state index contributed by atoms with van der Waals surface area (Å²) in [6.45, 7) is 4.52. The van der Waals surface area contributed by atoms with E-state index in [-0.39, 0.29) is 11.9 Å². The molecule has 4 heteroatoms. The number of ether oxygens (including phenoxy) is 1. The Balaban J connectivity index is 2.08. The van der Waals surface area contributed by atoms with Gasteiger partial charge in [-0.25, -0.2) is 0 Å². The molecule has 1 saturated carbocycles. The number of hydrogen-bond acceptors (Lipinski definition) is 2. The van der Waals surface area contributed by atoms with E-state index in [1.165, 1.54) is 6.42 Å². The summed E-state index contributed by atoms with van der Waals surface area (Å²) in [6, 6.07) is 5.76. The minimum atomic E-state index is -0.0411. The van der Waals surface area contributed by atoms with Gasteiger partial charge >= 0.3 is 0 Å². The molecule has 1 N–H and O–H groups in total. The standard InChI is InChI=1S/C16H22BrNO2/c1-10-6-11(2)8-13(7-10)18-16(19)14-5-4-12(17)9-15(14)20-3/h4-5,9-11,13H,6-8H2,1-3H3,(H,18,19). The topological polar surface area (TPSA) is 38.3 Å². The Hall–Kier alpha value is -1.03. The summed E-state index contributed by atoms with van der Waals surface area (Å²) >= 11 is 3.39. The molecule has 2 unspecified atom stereocenters. The Labute approximate surface area is 129 Å². The highest BCUT2D eigenvalue weighted by molar-refractivity contribution is 9.10. The molecule has 0 radical (unpaired) electrons. The molecule has 0 heterocycles. The van der Waals surface area contributed by atoms with Crippen molar-refractivity contribution in [3.05, 3.63) is 28.2 Å². The first-order valence-corrected chi connectivity index (χ1v) is 7.93. The van der Waals surface area contributed by atoms with Gasteiger partial charge in [0.25, 0.3) is 5.91 Å². The van der Waals surface area contributed by atoms with Crippen LogP contribution in [0.25, 0.3) is 0 Å². The molecule has 1 aromatic rings. The number of hydrogen-bond donors (Lipinski definition) is 1. The zero-order valence-corrected chi connectivity index (χ0v) is 13.9. The van der Waals surface area contributed by atoms with E-state index in [9.17, 15) is 4.79 Å². The van der Waals surface area contributed by atoms with Crippen molar-refractivity contribution in [3.8, 4) is 5.75 Å². The summed E-state index contributed by atoms with van der Waals surface area (Å²) in [5.41, 5.74) is 0.599. The number of benzene rings is 1. The molecule has 0 bridgehead atoms. The van der Waals surface area contributed by atoms with Gasteiger partial charge in [0.15, 0.2) is 0 Å². The van der Waals surface area contributed by atoms with Crippen LogP contribution in [0.4, 0.5) is 0 Å². The van der Waals surface area contributed by atoms with Gasteiger partial charge in [-0.1, -0.05) is 29.8 Å². The highest BCUT2D eigenvalue weighted by atomic mass is 79.9. The fourth-order valence-electron chi connectivity index (χ4n) is 3.18. The van der Waals surface area contributed by atoms with E-state index in [0.717, 1.165) is 17.3 Å². The fraction of sp³-hybridized carbons (Fsp3) is 0.562. The number of carbonyl (C=O) groups excluding carboxylic acids is 1. The quantitative estimate of drug-likeness (QED) is 0.903. The monoisotopic (exact) mass is 339 g/mol. The third kappa shape index (κ3) is 3.75. The molecule has 1 fully saturated rings. The van der Waals surface area contributed by atoms with Crippen LogP contribution < -0.4 is 10.1 Å². The normalized spacial score (nSPS) is 26.1. The lowest BCUT2D eigenvalue weighted by molar-refractivity contribution is 0.0908. The van der Waals surface area contributed by atoms with Gasteiger partial charge in [0.1, 0.15) is 5.75 Å². The maximum atomic E-state index is 12.4. The summed E-state index contributed by atoms with van der Waals surface area (Å²) < 4.78 is 6.20. The molecule has 1 aliphatic rings. The summed E-state index contributed by atoms with van der Waals surface area (Å²) in [7, 11) is 1.59. The number of amides is 1. The highest BCUT2D eigenvalue weighted by Crippen LogP contribution is 2.29. The number of nitrogens with one attached hydrogen (secondary N) is 1. The predicted octanol–water partition coefficient (Wildman–Crippen LogP) is 4.01. The summed E-state index contributed by atoms with van der Waals surface area (Å²) in [5.74, 6) is 1.92. The van der Waals surface area contributed by atoms with Gasteiger partial charge in [-0.05, 0) is 49.3 Å². The second kappa shape index (κ2) is 6.61. The van der Waals surface area contributed by atoms with Crippen molar-refractivity contribution in [2.24, 2.45) is 11.8 Å². The number of rotatable bonds is 3. The average molecular weight is 340 g/mol. The molecule has 3 nitrogen and oxygen atoms in total. The average Bonchev–Trinajstić information content (AvgIpc) is 2.37. The lowest BCUT2D eigenvalue weighted by atomic mass is 9.80. The Morgan fingerprint density at radius 3 is 2.50 bits per heavy atom. The Morgan fingerprint density at radius 2 is 1.90 bits per heavy atom. The summed E-state index contributed by atoms with van der Waals surface area (Å²) in [5, 5.41) is 3.16. The lowest BCUT2D eigenvalue weighted by Gasteiger charge is -2.32. The fourth-order valence-corrected chi connectivity index (χ4v) is 3.52. The van der Waals surface area contributed by atoms with Gasteiger partial charge < -0.3 is 10.1 Å². The van der Waals surface area contributed by atoms with Crippen LogP contribution in [0.5, 0.6) is 5.75 Å². The van der Waals surface area contributed by atoms with Crippen LogP contribution in [0, 0.1) is 11.8 Å². The molecule has 1 aliphatic carbocycles. The van der Waals surface area contributed by atoms with Crippen LogP contribution in [-0.4, -0.2) is 19.1 Å². The number of carbonyl (C=O) groups is 1. The third-order valence-corrected chi connectivity index (χ3v) is 4.42. The first kappa shape index (κ1) is 15.4.